The van der Waals surface area contributed by atoms with E-state index in [-0.39, 0.29) is 36.5 Å². The smallest absolute Gasteiger partial charge is 0.306 e. The number of carbonyl (C=O) groups excluding carboxylic acids is 2. The van der Waals surface area contributed by atoms with Crippen LogP contribution in [0.3, 0.4) is 0 Å². The van der Waals surface area contributed by atoms with Gasteiger partial charge in [0.1, 0.15) is 29.5 Å². The molecule has 0 aliphatic carbocycles. The summed E-state index contributed by atoms with van der Waals surface area (Å²) in [5, 5.41) is 2.90. The van der Waals surface area contributed by atoms with Crippen molar-refractivity contribution in [1.82, 2.24) is 14.7 Å². The lowest BCUT2D eigenvalue weighted by Crippen LogP contribution is -2.34. The number of amides is 1. The fraction of sp³-hybridized carbons (Fsp3) is 0.423. The number of ether oxygens (including phenoxy) is 2. The van der Waals surface area contributed by atoms with Crippen molar-refractivity contribution in [2.45, 2.75) is 72.6 Å². The Balaban J connectivity index is 1.77. The molecule has 0 fully saturated rings. The minimum Gasteiger partial charge on any atom is -0.485 e. The van der Waals surface area contributed by atoms with E-state index in [2.05, 4.69) is 10.3 Å². The molecule has 1 atom stereocenters. The number of pyridine rings is 1. The number of esters is 1. The Kier molecular flexibility index (Phi) is 7.77. The molecule has 7 nitrogen and oxygen atoms in total. The molecule has 3 aromatic rings. The van der Waals surface area contributed by atoms with Crippen molar-refractivity contribution in [3.05, 3.63) is 64.6 Å². The van der Waals surface area contributed by atoms with Crippen LogP contribution in [-0.2, 0) is 16.1 Å². The van der Waals surface area contributed by atoms with E-state index in [1.165, 1.54) is 18.2 Å². The summed E-state index contributed by atoms with van der Waals surface area (Å²) in [4.78, 5) is 29.5. The lowest BCUT2D eigenvalue weighted by molar-refractivity contribution is -0.155. The third-order valence-electron chi connectivity index (χ3n) is 5.23. The van der Waals surface area contributed by atoms with Crippen LogP contribution in [0.15, 0.2) is 30.5 Å². The maximum Gasteiger partial charge on any atom is 0.306 e. The fourth-order valence-electron chi connectivity index (χ4n) is 3.65. The topological polar surface area (TPSA) is 81.9 Å². The standard InChI is InChI=1S/C26H31F2N3O4/c1-15-12-21(34-14-18-19(27)8-7-9-20(18)28)24-30-17(3)23(31(24)13-15)25(33)29-16(2)10-11-22(32)35-26(4,5)6/h7-9,12-13,16H,10-11,14H2,1-6H3,(H,29,33). The molecular formula is C26H31F2N3O4. The highest BCUT2D eigenvalue weighted by molar-refractivity contribution is 5.95. The predicted molar refractivity (Wildman–Crippen MR) is 127 cm³/mol. The highest BCUT2D eigenvalue weighted by atomic mass is 19.1. The number of hydrogen-bond acceptors (Lipinski definition) is 5. The van der Waals surface area contributed by atoms with Crippen LogP contribution in [0.2, 0.25) is 0 Å². The monoisotopic (exact) mass is 487 g/mol. The van der Waals surface area contributed by atoms with Crippen molar-refractivity contribution in [1.29, 1.82) is 0 Å². The van der Waals surface area contributed by atoms with Gasteiger partial charge in [0.2, 0.25) is 0 Å². The Morgan fingerprint density at radius 1 is 1.17 bits per heavy atom. The summed E-state index contributed by atoms with van der Waals surface area (Å²) in [7, 11) is 0. The second-order valence-corrected chi connectivity index (χ2v) is 9.61. The van der Waals surface area contributed by atoms with E-state index in [1.807, 2.05) is 13.8 Å². The van der Waals surface area contributed by atoms with Crippen molar-refractivity contribution >= 4 is 17.5 Å². The minimum absolute atomic E-state index is 0.175. The third kappa shape index (κ3) is 6.55. The number of nitrogens with zero attached hydrogens (tertiary/aromatic N) is 2. The molecule has 0 aliphatic rings. The molecule has 0 saturated heterocycles. The molecule has 1 amide bonds. The van der Waals surface area contributed by atoms with Crippen LogP contribution in [0.4, 0.5) is 8.78 Å². The van der Waals surface area contributed by atoms with E-state index in [0.717, 1.165) is 5.56 Å². The molecule has 9 heteroatoms. The number of carbonyl (C=O) groups is 2. The van der Waals surface area contributed by atoms with Crippen molar-refractivity contribution in [2.75, 3.05) is 0 Å². The highest BCUT2D eigenvalue weighted by Crippen LogP contribution is 2.26. The molecule has 188 valence electrons. The number of nitrogens with one attached hydrogen (secondary N) is 1. The molecule has 0 bridgehead atoms. The molecule has 0 spiro atoms. The number of rotatable bonds is 8. The molecule has 1 unspecified atom stereocenters. The summed E-state index contributed by atoms with van der Waals surface area (Å²) in [6.45, 7) is 10.4. The van der Waals surface area contributed by atoms with Gasteiger partial charge in [0, 0.05) is 18.7 Å². The zero-order valence-electron chi connectivity index (χ0n) is 20.9. The number of imidazole rings is 1. The normalized spacial score (nSPS) is 12.5. The van der Waals surface area contributed by atoms with Gasteiger partial charge in [-0.05, 0) is 71.7 Å². The van der Waals surface area contributed by atoms with Crippen LogP contribution in [0.25, 0.3) is 5.65 Å². The number of halogens is 2. The van der Waals surface area contributed by atoms with Gasteiger partial charge in [-0.3, -0.25) is 14.0 Å². The van der Waals surface area contributed by atoms with E-state index in [9.17, 15) is 18.4 Å². The van der Waals surface area contributed by atoms with Crippen LogP contribution in [0, 0.1) is 25.5 Å². The van der Waals surface area contributed by atoms with Gasteiger partial charge in [0.05, 0.1) is 11.3 Å². The van der Waals surface area contributed by atoms with Crippen LogP contribution in [0.5, 0.6) is 5.75 Å². The molecule has 2 aromatic heterocycles. The Morgan fingerprint density at radius 3 is 2.46 bits per heavy atom. The van der Waals surface area contributed by atoms with Gasteiger partial charge in [0.25, 0.3) is 5.91 Å². The fourth-order valence-corrected chi connectivity index (χ4v) is 3.65. The van der Waals surface area contributed by atoms with E-state index < -0.39 is 17.2 Å². The number of hydrogen-bond donors (Lipinski definition) is 1. The zero-order chi connectivity index (χ0) is 25.9. The second kappa shape index (κ2) is 10.4. The van der Waals surface area contributed by atoms with Crippen molar-refractivity contribution in [3.63, 3.8) is 0 Å². The summed E-state index contributed by atoms with van der Waals surface area (Å²) >= 11 is 0. The van der Waals surface area contributed by atoms with Gasteiger partial charge in [-0.2, -0.15) is 0 Å². The Morgan fingerprint density at radius 2 is 1.83 bits per heavy atom. The Labute approximate surface area is 203 Å². The van der Waals surface area contributed by atoms with Crippen LogP contribution in [0.1, 0.15) is 67.8 Å². The number of aromatic nitrogens is 2. The van der Waals surface area contributed by atoms with Crippen LogP contribution >= 0.6 is 0 Å². The SMILES string of the molecule is Cc1cc(OCc2c(F)cccc2F)c2nc(C)c(C(=O)NC(C)CCC(=O)OC(C)(C)C)n2c1. The number of benzene rings is 1. The maximum atomic E-state index is 14.0. The maximum absolute atomic E-state index is 14.0. The van der Waals surface area contributed by atoms with Crippen LogP contribution in [-0.4, -0.2) is 32.9 Å². The van der Waals surface area contributed by atoms with Crippen molar-refractivity contribution in [2.24, 2.45) is 0 Å². The average molecular weight is 488 g/mol. The first kappa shape index (κ1) is 26.1. The van der Waals surface area contributed by atoms with E-state index in [1.54, 1.807) is 44.4 Å². The predicted octanol–water partition coefficient (Wildman–Crippen LogP) is 5.05. The summed E-state index contributed by atoms with van der Waals surface area (Å²) in [6, 6.07) is 5.03. The summed E-state index contributed by atoms with van der Waals surface area (Å²) in [6.07, 6.45) is 2.33. The number of fused-ring (bicyclic) bond motifs is 1. The van der Waals surface area contributed by atoms with Gasteiger partial charge >= 0.3 is 5.97 Å². The molecule has 35 heavy (non-hydrogen) atoms. The minimum atomic E-state index is -0.700. The molecule has 0 radical (unpaired) electrons. The lowest BCUT2D eigenvalue weighted by atomic mass is 10.1. The quantitative estimate of drug-likeness (QED) is 0.450. The molecule has 1 aromatic carbocycles. The molecule has 0 saturated carbocycles. The second-order valence-electron chi connectivity index (χ2n) is 9.61. The summed E-state index contributed by atoms with van der Waals surface area (Å²) in [5.41, 5.74) is 1.16. The number of aryl methyl sites for hydroxylation is 2. The van der Waals surface area contributed by atoms with Gasteiger partial charge in [0.15, 0.2) is 11.4 Å². The first-order chi connectivity index (χ1) is 16.4. The summed E-state index contributed by atoms with van der Waals surface area (Å²) in [5.74, 6) is -1.79. The molecule has 3 rings (SSSR count). The van der Waals surface area contributed by atoms with E-state index in [0.29, 0.717) is 29.2 Å². The Bertz CT molecular complexity index is 1230. The first-order valence-electron chi connectivity index (χ1n) is 11.4. The third-order valence-corrected chi connectivity index (χ3v) is 5.23. The largest absolute Gasteiger partial charge is 0.485 e. The highest BCUT2D eigenvalue weighted by Gasteiger charge is 2.22. The van der Waals surface area contributed by atoms with Crippen molar-refractivity contribution < 1.29 is 27.8 Å². The molecule has 0 aliphatic heterocycles. The van der Waals surface area contributed by atoms with Crippen molar-refractivity contribution in [3.8, 4) is 5.75 Å². The Hall–Kier alpha value is -3.49. The lowest BCUT2D eigenvalue weighted by Gasteiger charge is -2.20. The van der Waals surface area contributed by atoms with Crippen LogP contribution < -0.4 is 10.1 Å². The summed E-state index contributed by atoms with van der Waals surface area (Å²) < 4.78 is 40.7. The van der Waals surface area contributed by atoms with Gasteiger partial charge in [-0.15, -0.1) is 0 Å². The molecule has 2 heterocycles. The van der Waals surface area contributed by atoms with Gasteiger partial charge in [-0.1, -0.05) is 6.07 Å². The zero-order valence-corrected chi connectivity index (χ0v) is 20.9. The molecule has 1 N–H and O–H groups in total. The first-order valence-corrected chi connectivity index (χ1v) is 11.4. The van der Waals surface area contributed by atoms with Gasteiger partial charge < -0.3 is 14.8 Å². The average Bonchev–Trinajstić information content (AvgIpc) is 3.06. The van der Waals surface area contributed by atoms with Gasteiger partial charge in [-0.25, -0.2) is 13.8 Å². The molecular weight excluding hydrogens is 456 g/mol. The van der Waals surface area contributed by atoms with E-state index >= 15 is 0 Å². The van der Waals surface area contributed by atoms with E-state index in [4.69, 9.17) is 9.47 Å².